The largest absolute Gasteiger partial charge is 0.191 e. The lowest BCUT2D eigenvalue weighted by molar-refractivity contribution is 0.940. The van der Waals surface area contributed by atoms with E-state index in [1.165, 1.54) is 5.19 Å². The molecule has 78 valence electrons. The Balaban J connectivity index is 3.13. The van der Waals surface area contributed by atoms with Gasteiger partial charge in [-0.05, 0) is 16.3 Å². The highest BCUT2D eigenvalue weighted by molar-refractivity contribution is 7.28. The van der Waals surface area contributed by atoms with E-state index in [0.717, 1.165) is 0 Å². The molecule has 0 radical (unpaired) electrons. The number of hydrogen-bond donors (Lipinski definition) is 0. The molecule has 0 aliphatic heterocycles. The predicted octanol–water partition coefficient (Wildman–Crippen LogP) is 3.90. The maximum absolute atomic E-state index is 6.87. The van der Waals surface area contributed by atoms with Gasteiger partial charge in [0.05, 0.1) is 0 Å². The summed E-state index contributed by atoms with van der Waals surface area (Å²) in [6.07, 6.45) is 0. The normalized spacial score (nSPS) is 12.5. The minimum atomic E-state index is -1.81. The van der Waals surface area contributed by atoms with Crippen molar-refractivity contribution in [2.24, 2.45) is 0 Å². The Kier molecular flexibility index (Phi) is 3.79. The zero-order valence-electron chi connectivity index (χ0n) is 9.42. The second kappa shape index (κ2) is 4.50. The monoisotopic (exact) mass is 226 g/mol. The van der Waals surface area contributed by atoms with Crippen LogP contribution >= 0.6 is 11.1 Å². The highest BCUT2D eigenvalue weighted by Gasteiger charge is 2.39. The van der Waals surface area contributed by atoms with E-state index in [1.807, 2.05) is 0 Å². The molecule has 0 amide bonds. The standard InChI is InChI=1S/C12H19ClSi/c1-10(2)14(13,11(3)4)12-8-6-5-7-9-12/h5-11H,1-4H3. The van der Waals surface area contributed by atoms with E-state index in [1.54, 1.807) is 0 Å². The summed E-state index contributed by atoms with van der Waals surface area (Å²) < 4.78 is 0. The molecular weight excluding hydrogens is 208 g/mol. The Morgan fingerprint density at radius 1 is 0.929 bits per heavy atom. The molecule has 0 aliphatic carbocycles. The summed E-state index contributed by atoms with van der Waals surface area (Å²) in [5, 5.41) is 1.37. The molecule has 0 spiro atoms. The van der Waals surface area contributed by atoms with Gasteiger partial charge in [-0.2, -0.15) is 11.1 Å². The van der Waals surface area contributed by atoms with Crippen LogP contribution in [-0.4, -0.2) is 7.38 Å². The van der Waals surface area contributed by atoms with Crippen LogP contribution in [0.25, 0.3) is 0 Å². The van der Waals surface area contributed by atoms with Crippen LogP contribution in [0.4, 0.5) is 0 Å². The van der Waals surface area contributed by atoms with Gasteiger partial charge in [0.15, 0.2) is 7.38 Å². The molecule has 0 saturated carbocycles. The second-order valence-corrected chi connectivity index (χ2v) is 10.7. The fourth-order valence-electron chi connectivity index (χ4n) is 2.03. The van der Waals surface area contributed by atoms with Crippen molar-refractivity contribution in [1.82, 2.24) is 0 Å². The third kappa shape index (κ3) is 2.04. The number of rotatable bonds is 3. The lowest BCUT2D eigenvalue weighted by atomic mass is 10.4. The molecule has 14 heavy (non-hydrogen) atoms. The van der Waals surface area contributed by atoms with Gasteiger partial charge in [0.1, 0.15) is 0 Å². The van der Waals surface area contributed by atoms with E-state index in [4.69, 9.17) is 11.1 Å². The molecule has 0 N–H and O–H groups in total. The fourth-order valence-corrected chi connectivity index (χ4v) is 5.77. The minimum absolute atomic E-state index is 0.576. The molecule has 0 unspecified atom stereocenters. The van der Waals surface area contributed by atoms with Gasteiger partial charge in [-0.25, -0.2) is 0 Å². The molecule has 1 aromatic rings. The van der Waals surface area contributed by atoms with E-state index in [0.29, 0.717) is 11.1 Å². The summed E-state index contributed by atoms with van der Waals surface area (Å²) in [6, 6.07) is 10.6. The van der Waals surface area contributed by atoms with Gasteiger partial charge in [0.2, 0.25) is 0 Å². The van der Waals surface area contributed by atoms with Crippen molar-refractivity contribution in [1.29, 1.82) is 0 Å². The molecule has 0 nitrogen and oxygen atoms in total. The van der Waals surface area contributed by atoms with Crippen molar-refractivity contribution in [2.45, 2.75) is 38.8 Å². The molecular formula is C12H19ClSi. The summed E-state index contributed by atoms with van der Waals surface area (Å²) in [6.45, 7) is 8.97. The molecule has 0 aliphatic rings. The first-order valence-electron chi connectivity index (χ1n) is 5.24. The Labute approximate surface area is 93.0 Å². The zero-order valence-corrected chi connectivity index (χ0v) is 11.2. The maximum Gasteiger partial charge on any atom is 0.191 e. The molecule has 0 bridgehead atoms. The van der Waals surface area contributed by atoms with Gasteiger partial charge in [-0.1, -0.05) is 58.0 Å². The van der Waals surface area contributed by atoms with Gasteiger partial charge < -0.3 is 0 Å². The quantitative estimate of drug-likeness (QED) is 0.542. The number of hydrogen-bond acceptors (Lipinski definition) is 0. The molecule has 0 atom stereocenters. The highest BCUT2D eigenvalue weighted by atomic mass is 35.6. The molecule has 2 heteroatoms. The summed E-state index contributed by atoms with van der Waals surface area (Å²) in [4.78, 5) is 0. The third-order valence-electron chi connectivity index (χ3n) is 2.90. The zero-order chi connectivity index (χ0) is 10.8. The highest BCUT2D eigenvalue weighted by Crippen LogP contribution is 2.35. The van der Waals surface area contributed by atoms with Crippen LogP contribution in [0.15, 0.2) is 30.3 Å². The first kappa shape index (κ1) is 11.8. The van der Waals surface area contributed by atoms with Crippen LogP contribution in [0.3, 0.4) is 0 Å². The van der Waals surface area contributed by atoms with Gasteiger partial charge in [-0.3, -0.25) is 0 Å². The Bertz CT molecular complexity index is 272. The Morgan fingerprint density at radius 3 is 1.71 bits per heavy atom. The lowest BCUT2D eigenvalue weighted by Crippen LogP contribution is -2.47. The van der Waals surface area contributed by atoms with E-state index in [-0.39, 0.29) is 0 Å². The van der Waals surface area contributed by atoms with Crippen LogP contribution in [0.5, 0.6) is 0 Å². The summed E-state index contributed by atoms with van der Waals surface area (Å²) in [5.74, 6) is 0. The first-order chi connectivity index (χ1) is 6.49. The third-order valence-corrected chi connectivity index (χ3v) is 10.7. The van der Waals surface area contributed by atoms with Crippen molar-refractivity contribution in [2.75, 3.05) is 0 Å². The van der Waals surface area contributed by atoms with Gasteiger partial charge in [-0.15, -0.1) is 0 Å². The van der Waals surface area contributed by atoms with Crippen molar-refractivity contribution < 1.29 is 0 Å². The Hall–Kier alpha value is -0.273. The van der Waals surface area contributed by atoms with E-state index in [2.05, 4.69) is 58.0 Å². The first-order valence-corrected chi connectivity index (χ1v) is 8.40. The summed E-state index contributed by atoms with van der Waals surface area (Å²) >= 11 is 6.87. The van der Waals surface area contributed by atoms with Crippen molar-refractivity contribution in [3.05, 3.63) is 30.3 Å². The van der Waals surface area contributed by atoms with Crippen molar-refractivity contribution in [3.63, 3.8) is 0 Å². The van der Waals surface area contributed by atoms with Crippen molar-refractivity contribution in [3.8, 4) is 0 Å². The molecule has 1 aromatic carbocycles. The number of halogens is 1. The molecule has 0 aromatic heterocycles. The van der Waals surface area contributed by atoms with Crippen LogP contribution in [0, 0.1) is 0 Å². The van der Waals surface area contributed by atoms with Gasteiger partial charge in [0.25, 0.3) is 0 Å². The van der Waals surface area contributed by atoms with Crippen LogP contribution in [0.2, 0.25) is 11.1 Å². The topological polar surface area (TPSA) is 0 Å². The van der Waals surface area contributed by atoms with Crippen LogP contribution < -0.4 is 5.19 Å². The second-order valence-electron chi connectivity index (χ2n) is 4.44. The van der Waals surface area contributed by atoms with E-state index >= 15 is 0 Å². The lowest BCUT2D eigenvalue weighted by Gasteiger charge is -2.33. The van der Waals surface area contributed by atoms with Gasteiger partial charge >= 0.3 is 0 Å². The van der Waals surface area contributed by atoms with Crippen molar-refractivity contribution >= 4 is 23.6 Å². The maximum atomic E-state index is 6.87. The predicted molar refractivity (Wildman–Crippen MR) is 67.9 cm³/mol. The molecule has 0 saturated heterocycles. The Morgan fingerprint density at radius 2 is 1.36 bits per heavy atom. The molecule has 0 fully saturated rings. The van der Waals surface area contributed by atoms with E-state index in [9.17, 15) is 0 Å². The molecule has 1 rings (SSSR count). The number of benzene rings is 1. The summed E-state index contributed by atoms with van der Waals surface area (Å²) in [5.41, 5.74) is 1.15. The van der Waals surface area contributed by atoms with Crippen LogP contribution in [-0.2, 0) is 0 Å². The smallest absolute Gasteiger partial charge is 0.160 e. The fraction of sp³-hybridized carbons (Fsp3) is 0.500. The summed E-state index contributed by atoms with van der Waals surface area (Å²) in [7, 11) is -1.81. The molecule has 0 heterocycles. The average Bonchev–Trinajstić information content (AvgIpc) is 2.17. The average molecular weight is 227 g/mol. The SMILES string of the molecule is CC(C)[Si](Cl)(c1ccccc1)C(C)C. The van der Waals surface area contributed by atoms with Gasteiger partial charge in [0, 0.05) is 0 Å². The van der Waals surface area contributed by atoms with E-state index < -0.39 is 7.38 Å². The van der Waals surface area contributed by atoms with Crippen LogP contribution in [0.1, 0.15) is 27.7 Å². The minimum Gasteiger partial charge on any atom is -0.160 e.